The Morgan fingerprint density at radius 1 is 1.24 bits per heavy atom. The van der Waals surface area contributed by atoms with Gasteiger partial charge in [-0.25, -0.2) is 17.9 Å². The Balaban J connectivity index is 2.29. The summed E-state index contributed by atoms with van der Waals surface area (Å²) in [5, 5.41) is 10.8. The van der Waals surface area contributed by atoms with Crippen LogP contribution >= 0.6 is 43.2 Å². The molecule has 0 aliphatic heterocycles. The number of rotatable bonds is 5. The summed E-state index contributed by atoms with van der Waals surface area (Å²) in [7, 11) is -3.81. The van der Waals surface area contributed by atoms with E-state index in [2.05, 4.69) is 36.6 Å². The highest BCUT2D eigenvalue weighted by molar-refractivity contribution is 9.10. The lowest BCUT2D eigenvalue weighted by Crippen LogP contribution is -2.23. The number of carboxylic acids is 1. The molecule has 2 aromatic rings. The lowest BCUT2D eigenvalue weighted by atomic mass is 10.2. The number of thiophene rings is 1. The summed E-state index contributed by atoms with van der Waals surface area (Å²) in [5.74, 6) is -1.18. The minimum atomic E-state index is -3.81. The van der Waals surface area contributed by atoms with Crippen LogP contribution in [0.2, 0.25) is 0 Å². The molecular formula is C12H9Br2NO4S2. The first kappa shape index (κ1) is 16.6. The quantitative estimate of drug-likeness (QED) is 0.724. The van der Waals surface area contributed by atoms with Gasteiger partial charge in [-0.1, -0.05) is 0 Å². The second kappa shape index (κ2) is 6.57. The van der Waals surface area contributed by atoms with Crippen LogP contribution in [0, 0.1) is 0 Å². The molecule has 5 nitrogen and oxygen atoms in total. The van der Waals surface area contributed by atoms with Gasteiger partial charge < -0.3 is 5.11 Å². The van der Waals surface area contributed by atoms with Gasteiger partial charge in [0.15, 0.2) is 0 Å². The molecule has 0 unspecified atom stereocenters. The van der Waals surface area contributed by atoms with Crippen molar-refractivity contribution < 1.29 is 18.3 Å². The van der Waals surface area contributed by atoms with Gasteiger partial charge in [0.25, 0.3) is 0 Å². The van der Waals surface area contributed by atoms with Crippen LogP contribution in [0.25, 0.3) is 0 Å². The van der Waals surface area contributed by atoms with E-state index in [0.29, 0.717) is 4.47 Å². The molecule has 2 N–H and O–H groups in total. The summed E-state index contributed by atoms with van der Waals surface area (Å²) in [6.45, 7) is 0.129. The van der Waals surface area contributed by atoms with Crippen LogP contribution in [0.3, 0.4) is 0 Å². The van der Waals surface area contributed by atoms with Gasteiger partial charge in [-0.3, -0.25) is 0 Å². The number of carbonyl (C=O) groups is 1. The molecule has 0 bridgehead atoms. The second-order valence-electron chi connectivity index (χ2n) is 3.97. The Morgan fingerprint density at radius 3 is 2.52 bits per heavy atom. The van der Waals surface area contributed by atoms with Gasteiger partial charge in [-0.2, -0.15) is 0 Å². The van der Waals surface area contributed by atoms with Crippen LogP contribution in [0.5, 0.6) is 0 Å². The van der Waals surface area contributed by atoms with Crippen molar-refractivity contribution in [2.24, 2.45) is 0 Å². The van der Waals surface area contributed by atoms with E-state index in [0.717, 1.165) is 15.4 Å². The summed E-state index contributed by atoms with van der Waals surface area (Å²) >= 11 is 7.87. The van der Waals surface area contributed by atoms with E-state index in [1.165, 1.54) is 23.5 Å². The van der Waals surface area contributed by atoms with Crippen LogP contribution < -0.4 is 4.72 Å². The topological polar surface area (TPSA) is 83.5 Å². The molecule has 0 atom stereocenters. The number of aromatic carboxylic acids is 1. The fourth-order valence-electron chi connectivity index (χ4n) is 1.53. The van der Waals surface area contributed by atoms with Crippen molar-refractivity contribution in [2.75, 3.05) is 0 Å². The molecule has 9 heteroatoms. The summed E-state index contributed by atoms with van der Waals surface area (Å²) < 4.78 is 28.2. The highest BCUT2D eigenvalue weighted by atomic mass is 79.9. The molecule has 0 radical (unpaired) electrons. The minimum Gasteiger partial charge on any atom is -0.478 e. The molecule has 0 saturated heterocycles. The Labute approximate surface area is 142 Å². The normalized spacial score (nSPS) is 11.5. The van der Waals surface area contributed by atoms with E-state index < -0.39 is 16.0 Å². The smallest absolute Gasteiger partial charge is 0.335 e. The summed E-state index contributed by atoms with van der Waals surface area (Å²) in [4.78, 5) is 11.7. The third-order valence-electron chi connectivity index (χ3n) is 2.58. The summed E-state index contributed by atoms with van der Waals surface area (Å²) in [6.07, 6.45) is 0. The van der Waals surface area contributed by atoms with Crippen molar-refractivity contribution in [1.82, 2.24) is 4.72 Å². The van der Waals surface area contributed by atoms with Crippen molar-refractivity contribution in [3.63, 3.8) is 0 Å². The van der Waals surface area contributed by atoms with Crippen LogP contribution in [-0.4, -0.2) is 19.5 Å². The maximum Gasteiger partial charge on any atom is 0.335 e. The number of hydrogen-bond donors (Lipinski definition) is 2. The van der Waals surface area contributed by atoms with Crippen LogP contribution in [0.4, 0.5) is 0 Å². The van der Waals surface area contributed by atoms with Crippen molar-refractivity contribution in [1.29, 1.82) is 0 Å². The SMILES string of the molecule is O=C(O)c1ccc(Br)c(S(=O)(=O)NCc2sccc2Br)c1. The van der Waals surface area contributed by atoms with Gasteiger partial charge in [-0.05, 0) is 61.5 Å². The van der Waals surface area contributed by atoms with E-state index in [-0.39, 0.29) is 17.0 Å². The monoisotopic (exact) mass is 453 g/mol. The molecule has 1 aromatic carbocycles. The fraction of sp³-hybridized carbons (Fsp3) is 0.0833. The number of benzene rings is 1. The van der Waals surface area contributed by atoms with Crippen molar-refractivity contribution >= 4 is 59.2 Å². The number of nitrogens with one attached hydrogen (secondary N) is 1. The first-order valence-corrected chi connectivity index (χ1v) is 9.50. The predicted octanol–water partition coefficient (Wildman–Crippen LogP) is 3.45. The Bertz CT molecular complexity index is 786. The number of hydrogen-bond acceptors (Lipinski definition) is 4. The molecule has 0 fully saturated rings. The molecule has 0 saturated carbocycles. The highest BCUT2D eigenvalue weighted by Crippen LogP contribution is 2.25. The van der Waals surface area contributed by atoms with Crippen LogP contribution in [0.15, 0.2) is 43.5 Å². The third kappa shape index (κ3) is 3.92. The van der Waals surface area contributed by atoms with E-state index in [1.807, 2.05) is 11.4 Å². The molecule has 0 aliphatic rings. The Kier molecular flexibility index (Phi) is 5.20. The summed E-state index contributed by atoms with van der Waals surface area (Å²) in [5.41, 5.74) is -0.0871. The minimum absolute atomic E-state index is 0.0871. The Morgan fingerprint density at radius 2 is 1.95 bits per heavy atom. The lowest BCUT2D eigenvalue weighted by Gasteiger charge is -2.09. The lowest BCUT2D eigenvalue weighted by molar-refractivity contribution is 0.0696. The van der Waals surface area contributed by atoms with Crippen molar-refractivity contribution in [3.8, 4) is 0 Å². The second-order valence-corrected chi connectivity index (χ2v) is 8.41. The molecule has 1 heterocycles. The molecule has 0 aliphatic carbocycles. The zero-order valence-corrected chi connectivity index (χ0v) is 15.1. The van der Waals surface area contributed by atoms with Crippen molar-refractivity contribution in [3.05, 3.63) is 49.0 Å². The average Bonchev–Trinajstić information content (AvgIpc) is 2.82. The predicted molar refractivity (Wildman–Crippen MR) is 87.1 cm³/mol. The van der Waals surface area contributed by atoms with Gasteiger partial charge in [0.2, 0.25) is 10.0 Å². The third-order valence-corrected chi connectivity index (χ3v) is 6.90. The zero-order valence-electron chi connectivity index (χ0n) is 10.3. The summed E-state index contributed by atoms with van der Waals surface area (Å²) in [6, 6.07) is 5.69. The van der Waals surface area contributed by atoms with Gasteiger partial charge in [0.1, 0.15) is 0 Å². The number of carboxylic acid groups (broad SMARTS) is 1. The van der Waals surface area contributed by atoms with Crippen molar-refractivity contribution in [2.45, 2.75) is 11.4 Å². The molecule has 2 rings (SSSR count). The van der Waals surface area contributed by atoms with Crippen LogP contribution in [0.1, 0.15) is 15.2 Å². The van der Waals surface area contributed by atoms with Gasteiger partial charge in [0, 0.05) is 20.4 Å². The molecule has 112 valence electrons. The zero-order chi connectivity index (χ0) is 15.6. The van der Waals surface area contributed by atoms with Crippen LogP contribution in [-0.2, 0) is 16.6 Å². The fourth-order valence-corrected chi connectivity index (χ4v) is 5.04. The van der Waals surface area contributed by atoms with Gasteiger partial charge in [-0.15, -0.1) is 11.3 Å². The number of halogens is 2. The maximum atomic E-state index is 12.3. The van der Waals surface area contributed by atoms with E-state index >= 15 is 0 Å². The standard InChI is InChI=1S/C12H9Br2NO4S2/c13-8-3-4-20-10(8)6-15-21(18,19)11-5-7(12(16)17)1-2-9(11)14/h1-5,15H,6H2,(H,16,17). The Hall–Kier alpha value is -0.740. The largest absolute Gasteiger partial charge is 0.478 e. The molecule has 0 amide bonds. The van der Waals surface area contributed by atoms with E-state index in [9.17, 15) is 13.2 Å². The first-order valence-electron chi connectivity index (χ1n) is 5.55. The maximum absolute atomic E-state index is 12.3. The molecule has 21 heavy (non-hydrogen) atoms. The molecular weight excluding hydrogens is 446 g/mol. The van der Waals surface area contributed by atoms with Gasteiger partial charge >= 0.3 is 5.97 Å². The highest BCUT2D eigenvalue weighted by Gasteiger charge is 2.20. The molecule has 1 aromatic heterocycles. The average molecular weight is 455 g/mol. The van der Waals surface area contributed by atoms with Gasteiger partial charge in [0.05, 0.1) is 10.5 Å². The van der Waals surface area contributed by atoms with E-state index in [4.69, 9.17) is 5.11 Å². The number of sulfonamides is 1. The first-order chi connectivity index (χ1) is 9.81. The van der Waals surface area contributed by atoms with E-state index in [1.54, 1.807) is 0 Å². The molecule has 0 spiro atoms.